The molecule has 2 N–H and O–H groups in total. The highest BCUT2D eigenvalue weighted by molar-refractivity contribution is 7.85. The van der Waals surface area contributed by atoms with Crippen molar-refractivity contribution in [3.05, 3.63) is 23.5 Å². The summed E-state index contributed by atoms with van der Waals surface area (Å²) in [6, 6.07) is 2.85. The Hall–Kier alpha value is -1.67. The van der Waals surface area contributed by atoms with E-state index in [1.54, 1.807) is 0 Å². The van der Waals surface area contributed by atoms with Gasteiger partial charge in [-0.15, -0.1) is 0 Å². The highest BCUT2D eigenvalue weighted by Crippen LogP contribution is 2.48. The van der Waals surface area contributed by atoms with Crippen molar-refractivity contribution in [2.45, 2.75) is 25.7 Å². The number of likely N-dealkylation sites (tertiary alicyclic amines) is 1. The maximum Gasteiger partial charge on any atom is 0.253 e. The van der Waals surface area contributed by atoms with Gasteiger partial charge < -0.3 is 10.0 Å². The largest absolute Gasteiger partial charge is 0.506 e. The molecule has 24 heavy (non-hydrogen) atoms. The van der Waals surface area contributed by atoms with E-state index in [-0.39, 0.29) is 18.0 Å². The molecule has 1 spiro atoms. The van der Waals surface area contributed by atoms with Gasteiger partial charge in [-0.2, -0.15) is 0 Å². The molecule has 1 aromatic carbocycles. The Balaban J connectivity index is 1.42. The molecular formula is C16H20FN3O3S. The smallest absolute Gasteiger partial charge is 0.253 e. The Morgan fingerprint density at radius 1 is 1.33 bits per heavy atom. The van der Waals surface area contributed by atoms with E-state index in [9.17, 15) is 18.5 Å². The molecule has 0 bridgehead atoms. The Morgan fingerprint density at radius 2 is 2.08 bits per heavy atom. The number of nitrogens with zero attached hydrogens (tertiary/aromatic N) is 2. The molecule has 4 rings (SSSR count). The van der Waals surface area contributed by atoms with Gasteiger partial charge in [0.05, 0.1) is 0 Å². The zero-order chi connectivity index (χ0) is 16.9. The van der Waals surface area contributed by atoms with E-state index in [1.807, 2.05) is 0 Å². The summed E-state index contributed by atoms with van der Waals surface area (Å²) in [6.07, 6.45) is 4.64. The lowest BCUT2D eigenvalue weighted by atomic mass is 9.63. The van der Waals surface area contributed by atoms with Gasteiger partial charge >= 0.3 is 0 Å². The van der Waals surface area contributed by atoms with Crippen molar-refractivity contribution in [3.8, 4) is 5.75 Å². The lowest BCUT2D eigenvalue weighted by Crippen LogP contribution is -2.59. The normalized spacial score (nSPS) is 25.5. The van der Waals surface area contributed by atoms with Crippen LogP contribution in [-0.4, -0.2) is 46.3 Å². The summed E-state index contributed by atoms with van der Waals surface area (Å²) in [5, 5.41) is 10.1. The quantitative estimate of drug-likeness (QED) is 0.849. The monoisotopic (exact) mass is 353 g/mol. The third kappa shape index (κ3) is 2.67. The summed E-state index contributed by atoms with van der Waals surface area (Å²) >= 11 is -1.85. The third-order valence-corrected chi connectivity index (χ3v) is 6.40. The van der Waals surface area contributed by atoms with Gasteiger partial charge in [0.25, 0.3) is 5.91 Å². The van der Waals surface area contributed by atoms with E-state index in [0.29, 0.717) is 17.4 Å². The summed E-state index contributed by atoms with van der Waals surface area (Å²) in [6.45, 7) is 2.86. The second-order valence-electron chi connectivity index (χ2n) is 7.07. The molecule has 2 saturated heterocycles. The highest BCUT2D eigenvalue weighted by Gasteiger charge is 2.46. The summed E-state index contributed by atoms with van der Waals surface area (Å²) in [5.74, 6) is -1.40. The zero-order valence-corrected chi connectivity index (χ0v) is 14.1. The lowest BCUT2D eigenvalue weighted by molar-refractivity contribution is -0.117. The number of phenols is 1. The van der Waals surface area contributed by atoms with Crippen LogP contribution >= 0.6 is 0 Å². The number of rotatable bonds is 4. The standard InChI is InChI=1S/C16H20FN3O3S/c17-12-6-11(2-5-19-9-16(10-19)3-1-4-16)7-13(21)15(12)20-8-14(22)18-24(20)23/h6-7,21H,1-5,8-10H2,(H,18,22). The molecule has 1 amide bonds. The third-order valence-electron chi connectivity index (χ3n) is 5.29. The van der Waals surface area contributed by atoms with E-state index in [1.165, 1.54) is 31.4 Å². The van der Waals surface area contributed by atoms with Gasteiger partial charge in [-0.3, -0.25) is 13.8 Å². The Kier molecular flexibility index (Phi) is 3.76. The van der Waals surface area contributed by atoms with Crippen molar-refractivity contribution in [1.82, 2.24) is 9.62 Å². The first kappa shape index (κ1) is 15.8. The second-order valence-corrected chi connectivity index (χ2v) is 8.21. The Morgan fingerprint density at radius 3 is 2.62 bits per heavy atom. The van der Waals surface area contributed by atoms with E-state index >= 15 is 0 Å². The van der Waals surface area contributed by atoms with Crippen molar-refractivity contribution in [2.24, 2.45) is 5.41 Å². The fourth-order valence-electron chi connectivity index (χ4n) is 3.91. The van der Waals surface area contributed by atoms with Crippen LogP contribution in [0.5, 0.6) is 5.75 Å². The minimum absolute atomic E-state index is 0.187. The van der Waals surface area contributed by atoms with E-state index in [2.05, 4.69) is 9.62 Å². The molecular weight excluding hydrogens is 333 g/mol. The first-order valence-electron chi connectivity index (χ1n) is 8.18. The summed E-state index contributed by atoms with van der Waals surface area (Å²) in [7, 11) is 0. The Labute approximate surface area is 142 Å². The number of hydrogen-bond acceptors (Lipinski definition) is 4. The van der Waals surface area contributed by atoms with Gasteiger partial charge in [0.15, 0.2) is 5.82 Å². The SMILES string of the molecule is O=C1CN(c2c(O)cc(CCN3CC4(CCC4)C3)cc2F)S(=O)N1. The van der Waals surface area contributed by atoms with Crippen LogP contribution in [0.2, 0.25) is 0 Å². The van der Waals surface area contributed by atoms with Gasteiger partial charge in [-0.1, -0.05) is 6.42 Å². The van der Waals surface area contributed by atoms with Crippen LogP contribution in [0, 0.1) is 11.2 Å². The molecule has 1 unspecified atom stereocenters. The summed E-state index contributed by atoms with van der Waals surface area (Å²) < 4.78 is 29.4. The number of hydrogen-bond donors (Lipinski definition) is 2. The molecule has 2 aliphatic heterocycles. The molecule has 6 nitrogen and oxygen atoms in total. The van der Waals surface area contributed by atoms with E-state index in [4.69, 9.17) is 0 Å². The van der Waals surface area contributed by atoms with Crippen LogP contribution < -0.4 is 9.03 Å². The van der Waals surface area contributed by atoms with Crippen LogP contribution in [0.4, 0.5) is 10.1 Å². The van der Waals surface area contributed by atoms with Crippen LogP contribution in [0.15, 0.2) is 12.1 Å². The van der Waals surface area contributed by atoms with Gasteiger partial charge in [0.1, 0.15) is 18.0 Å². The number of halogens is 1. The van der Waals surface area contributed by atoms with Crippen molar-refractivity contribution < 1.29 is 18.5 Å². The molecule has 1 aliphatic carbocycles. The topological polar surface area (TPSA) is 72.9 Å². The fourth-order valence-corrected chi connectivity index (χ4v) is 4.86. The molecule has 8 heteroatoms. The molecule has 3 aliphatic rings. The predicted octanol–water partition coefficient (Wildman–Crippen LogP) is 1.07. The molecule has 130 valence electrons. The molecule has 1 saturated carbocycles. The van der Waals surface area contributed by atoms with Gasteiger partial charge in [-0.05, 0) is 42.4 Å². The maximum absolute atomic E-state index is 14.4. The number of anilines is 1. The van der Waals surface area contributed by atoms with Crippen molar-refractivity contribution in [2.75, 3.05) is 30.5 Å². The first-order chi connectivity index (χ1) is 11.5. The number of phenolic OH excluding ortho intramolecular Hbond substituents is 1. The minimum Gasteiger partial charge on any atom is -0.506 e. The van der Waals surface area contributed by atoms with Gasteiger partial charge in [-0.25, -0.2) is 8.60 Å². The number of nitrogens with one attached hydrogen (secondary N) is 1. The van der Waals surface area contributed by atoms with Gasteiger partial charge in [0.2, 0.25) is 11.2 Å². The van der Waals surface area contributed by atoms with Gasteiger partial charge in [0, 0.05) is 19.6 Å². The molecule has 3 fully saturated rings. The molecule has 1 aromatic rings. The maximum atomic E-state index is 14.4. The van der Waals surface area contributed by atoms with Crippen molar-refractivity contribution in [3.63, 3.8) is 0 Å². The van der Waals surface area contributed by atoms with E-state index < -0.39 is 22.9 Å². The second kappa shape index (κ2) is 5.70. The van der Waals surface area contributed by atoms with Crippen LogP contribution in [0.1, 0.15) is 24.8 Å². The lowest BCUT2D eigenvalue weighted by Gasteiger charge is -2.56. The molecule has 2 heterocycles. The molecule has 0 aromatic heterocycles. The highest BCUT2D eigenvalue weighted by atomic mass is 32.2. The van der Waals surface area contributed by atoms with E-state index in [0.717, 1.165) is 23.9 Å². The summed E-state index contributed by atoms with van der Waals surface area (Å²) in [5.41, 5.74) is 1.08. The molecule has 1 atom stereocenters. The van der Waals surface area contributed by atoms with Crippen LogP contribution in [0.3, 0.4) is 0 Å². The fraction of sp³-hybridized carbons (Fsp3) is 0.562. The van der Waals surface area contributed by atoms with Crippen molar-refractivity contribution >= 4 is 22.8 Å². The van der Waals surface area contributed by atoms with Crippen LogP contribution in [0.25, 0.3) is 0 Å². The van der Waals surface area contributed by atoms with Crippen LogP contribution in [-0.2, 0) is 22.4 Å². The number of carbonyl (C=O) groups excluding carboxylic acids is 1. The molecule has 0 radical (unpaired) electrons. The Bertz CT molecular complexity index is 692. The summed E-state index contributed by atoms with van der Waals surface area (Å²) in [4.78, 5) is 13.6. The average Bonchev–Trinajstić information content (AvgIpc) is 2.73. The number of benzene rings is 1. The number of carbonyl (C=O) groups is 1. The first-order valence-corrected chi connectivity index (χ1v) is 9.29. The predicted molar refractivity (Wildman–Crippen MR) is 88.1 cm³/mol. The van der Waals surface area contributed by atoms with Crippen molar-refractivity contribution in [1.29, 1.82) is 0 Å². The minimum atomic E-state index is -1.85. The number of amides is 1. The average molecular weight is 353 g/mol. The zero-order valence-electron chi connectivity index (χ0n) is 13.3. The number of aromatic hydroxyl groups is 1.